The molecular formula is C22H31N5O3. The molecule has 8 nitrogen and oxygen atoms in total. The molecule has 4 heterocycles. The van der Waals surface area contributed by atoms with E-state index in [4.69, 9.17) is 9.72 Å². The lowest BCUT2D eigenvalue weighted by molar-refractivity contribution is -0.133. The highest BCUT2D eigenvalue weighted by Crippen LogP contribution is 2.37. The molecule has 30 heavy (non-hydrogen) atoms. The molecular weight excluding hydrogens is 382 g/mol. The number of pyridine rings is 1. The van der Waals surface area contributed by atoms with Crippen molar-refractivity contribution in [3.05, 3.63) is 24.2 Å². The summed E-state index contributed by atoms with van der Waals surface area (Å²) < 4.78 is 7.47. The van der Waals surface area contributed by atoms with E-state index in [1.807, 2.05) is 17.0 Å². The number of amides is 2. The van der Waals surface area contributed by atoms with E-state index in [0.717, 1.165) is 62.3 Å². The monoisotopic (exact) mass is 413 g/mol. The van der Waals surface area contributed by atoms with Gasteiger partial charge in [0.25, 0.3) is 0 Å². The zero-order chi connectivity index (χ0) is 21.1. The van der Waals surface area contributed by atoms with Crippen molar-refractivity contribution >= 4 is 23.0 Å². The number of aromatic nitrogens is 3. The topological polar surface area (TPSA) is 89.4 Å². The van der Waals surface area contributed by atoms with Crippen molar-refractivity contribution in [3.63, 3.8) is 0 Å². The first-order valence-corrected chi connectivity index (χ1v) is 10.9. The predicted octanol–water partition coefficient (Wildman–Crippen LogP) is 2.09. The highest BCUT2D eigenvalue weighted by molar-refractivity contribution is 5.79. The van der Waals surface area contributed by atoms with Crippen LogP contribution in [0.5, 0.6) is 0 Å². The minimum Gasteiger partial charge on any atom is -0.383 e. The Balaban J connectivity index is 1.34. The quantitative estimate of drug-likeness (QED) is 0.751. The summed E-state index contributed by atoms with van der Waals surface area (Å²) in [4.78, 5) is 35.5. The van der Waals surface area contributed by atoms with Crippen LogP contribution >= 0.6 is 0 Å². The molecule has 0 saturated carbocycles. The van der Waals surface area contributed by atoms with Crippen LogP contribution in [-0.2, 0) is 20.7 Å². The number of nitrogens with one attached hydrogen (secondary N) is 1. The summed E-state index contributed by atoms with van der Waals surface area (Å²) in [6.07, 6.45) is 6.21. The lowest BCUT2D eigenvalue weighted by atomic mass is 9.77. The van der Waals surface area contributed by atoms with Crippen LogP contribution in [0, 0.1) is 5.41 Å². The number of hydrogen-bond acceptors (Lipinski definition) is 5. The van der Waals surface area contributed by atoms with Crippen LogP contribution in [0.15, 0.2) is 18.3 Å². The maximum atomic E-state index is 12.7. The molecule has 0 bridgehead atoms. The highest BCUT2D eigenvalue weighted by atomic mass is 16.5. The summed E-state index contributed by atoms with van der Waals surface area (Å²) in [5.74, 6) is 1.30. The van der Waals surface area contributed by atoms with Gasteiger partial charge in [-0.3, -0.25) is 9.59 Å². The Labute approximate surface area is 177 Å². The summed E-state index contributed by atoms with van der Waals surface area (Å²) in [5.41, 5.74) is 1.82. The standard InChI is InChI=1S/C22H31N5O3/c1-16(14-30-2)27-18(25-17-5-4-10-23-21(17)27)6-3-7-20(29)26-11-8-22(9-12-26)13-19(28)24-15-22/h4-5,10,16H,3,6-9,11-15H2,1-2H3,(H,24,28). The van der Waals surface area contributed by atoms with Crippen LogP contribution in [0.1, 0.15) is 50.9 Å². The fraction of sp³-hybridized carbons (Fsp3) is 0.636. The number of piperidine rings is 1. The molecule has 1 N–H and O–H groups in total. The van der Waals surface area contributed by atoms with Crippen LogP contribution in [0.2, 0.25) is 0 Å². The van der Waals surface area contributed by atoms with Crippen molar-refractivity contribution in [2.45, 2.75) is 51.5 Å². The molecule has 4 rings (SSSR count). The molecule has 2 aliphatic heterocycles. The second-order valence-corrected chi connectivity index (χ2v) is 8.74. The molecule has 2 saturated heterocycles. The van der Waals surface area contributed by atoms with Crippen molar-refractivity contribution < 1.29 is 14.3 Å². The number of imidazole rings is 1. The molecule has 0 radical (unpaired) electrons. The van der Waals surface area contributed by atoms with Crippen molar-refractivity contribution in [2.24, 2.45) is 5.41 Å². The van der Waals surface area contributed by atoms with E-state index in [-0.39, 0.29) is 23.3 Å². The van der Waals surface area contributed by atoms with Gasteiger partial charge < -0.3 is 19.5 Å². The molecule has 0 aliphatic carbocycles. The van der Waals surface area contributed by atoms with Crippen molar-refractivity contribution in [3.8, 4) is 0 Å². The number of likely N-dealkylation sites (tertiary alicyclic amines) is 1. The van der Waals surface area contributed by atoms with E-state index in [9.17, 15) is 9.59 Å². The fourth-order valence-electron chi connectivity index (χ4n) is 4.82. The van der Waals surface area contributed by atoms with Gasteiger partial charge in [0.15, 0.2) is 5.65 Å². The normalized spacial score (nSPS) is 19.4. The average molecular weight is 414 g/mol. The number of methoxy groups -OCH3 is 1. The van der Waals surface area contributed by atoms with Crippen LogP contribution in [0.4, 0.5) is 0 Å². The SMILES string of the molecule is COCC(C)n1c(CCCC(=O)N2CCC3(CC2)CNC(=O)C3)nc2cccnc21. The van der Waals surface area contributed by atoms with E-state index in [0.29, 0.717) is 19.4 Å². The predicted molar refractivity (Wildman–Crippen MR) is 113 cm³/mol. The van der Waals surface area contributed by atoms with Crippen LogP contribution in [0.3, 0.4) is 0 Å². The lowest BCUT2D eigenvalue weighted by Gasteiger charge is -2.38. The molecule has 162 valence electrons. The Morgan fingerprint density at radius 2 is 2.17 bits per heavy atom. The number of carbonyl (C=O) groups excluding carboxylic acids is 2. The Morgan fingerprint density at radius 3 is 2.87 bits per heavy atom. The van der Waals surface area contributed by atoms with Gasteiger partial charge in [-0.1, -0.05) is 0 Å². The number of hydrogen-bond donors (Lipinski definition) is 1. The Hall–Kier alpha value is -2.48. The zero-order valence-corrected chi connectivity index (χ0v) is 17.9. The van der Waals surface area contributed by atoms with E-state index in [1.54, 1.807) is 13.3 Å². The third-order valence-electron chi connectivity index (χ3n) is 6.53. The van der Waals surface area contributed by atoms with E-state index >= 15 is 0 Å². The third kappa shape index (κ3) is 4.19. The van der Waals surface area contributed by atoms with Crippen molar-refractivity contribution in [2.75, 3.05) is 33.4 Å². The number of rotatable bonds is 7. The van der Waals surface area contributed by atoms with Crippen LogP contribution in [-0.4, -0.2) is 64.6 Å². The average Bonchev–Trinajstić information content (AvgIpc) is 3.28. The largest absolute Gasteiger partial charge is 0.383 e. The second kappa shape index (κ2) is 8.71. The number of nitrogens with zero attached hydrogens (tertiary/aromatic N) is 4. The summed E-state index contributed by atoms with van der Waals surface area (Å²) in [6.45, 7) is 4.95. The minimum absolute atomic E-state index is 0.0726. The molecule has 2 fully saturated rings. The molecule has 2 amide bonds. The van der Waals surface area contributed by atoms with Gasteiger partial charge in [-0.25, -0.2) is 9.97 Å². The molecule has 1 spiro atoms. The van der Waals surface area contributed by atoms with Gasteiger partial charge in [0.1, 0.15) is 11.3 Å². The lowest BCUT2D eigenvalue weighted by Crippen LogP contribution is -2.44. The Bertz CT molecular complexity index is 917. The number of carbonyl (C=O) groups is 2. The number of fused-ring (bicyclic) bond motifs is 1. The maximum absolute atomic E-state index is 12.7. The van der Waals surface area contributed by atoms with Gasteiger partial charge in [-0.05, 0) is 43.7 Å². The first-order valence-electron chi connectivity index (χ1n) is 10.9. The van der Waals surface area contributed by atoms with Gasteiger partial charge in [0.05, 0.1) is 12.6 Å². The van der Waals surface area contributed by atoms with Gasteiger partial charge in [-0.2, -0.15) is 0 Å². The van der Waals surface area contributed by atoms with Crippen LogP contribution < -0.4 is 5.32 Å². The van der Waals surface area contributed by atoms with Gasteiger partial charge in [-0.15, -0.1) is 0 Å². The van der Waals surface area contributed by atoms with E-state index in [1.165, 1.54) is 0 Å². The second-order valence-electron chi connectivity index (χ2n) is 8.74. The van der Waals surface area contributed by atoms with E-state index in [2.05, 4.69) is 21.8 Å². The summed E-state index contributed by atoms with van der Waals surface area (Å²) in [7, 11) is 1.70. The zero-order valence-electron chi connectivity index (χ0n) is 17.9. The van der Waals surface area contributed by atoms with Gasteiger partial charge in [0.2, 0.25) is 11.8 Å². The highest BCUT2D eigenvalue weighted by Gasteiger charge is 2.41. The Morgan fingerprint density at radius 1 is 1.37 bits per heavy atom. The fourth-order valence-corrected chi connectivity index (χ4v) is 4.82. The summed E-state index contributed by atoms with van der Waals surface area (Å²) in [5, 5.41) is 2.95. The van der Waals surface area contributed by atoms with Gasteiger partial charge in [0, 0.05) is 52.2 Å². The third-order valence-corrected chi connectivity index (χ3v) is 6.53. The Kier molecular flexibility index (Phi) is 6.04. The minimum atomic E-state index is 0.0726. The molecule has 1 unspecified atom stereocenters. The molecule has 2 aromatic heterocycles. The number of ether oxygens (including phenoxy) is 1. The number of aryl methyl sites for hydroxylation is 1. The smallest absolute Gasteiger partial charge is 0.222 e. The van der Waals surface area contributed by atoms with Crippen molar-refractivity contribution in [1.82, 2.24) is 24.8 Å². The van der Waals surface area contributed by atoms with E-state index < -0.39 is 0 Å². The maximum Gasteiger partial charge on any atom is 0.222 e. The first kappa shape index (κ1) is 20.8. The van der Waals surface area contributed by atoms with Crippen LogP contribution in [0.25, 0.3) is 11.2 Å². The van der Waals surface area contributed by atoms with Crippen molar-refractivity contribution in [1.29, 1.82) is 0 Å². The van der Waals surface area contributed by atoms with Gasteiger partial charge >= 0.3 is 0 Å². The molecule has 2 aliphatic rings. The molecule has 2 aromatic rings. The molecule has 8 heteroatoms. The molecule has 1 atom stereocenters. The summed E-state index contributed by atoms with van der Waals surface area (Å²) >= 11 is 0. The summed E-state index contributed by atoms with van der Waals surface area (Å²) in [6, 6.07) is 3.99. The first-order chi connectivity index (χ1) is 14.5. The molecule has 0 aromatic carbocycles.